The number of carbonyl (C=O) groups is 1. The van der Waals surface area contributed by atoms with E-state index in [1.54, 1.807) is 18.6 Å². The van der Waals surface area contributed by atoms with Crippen molar-refractivity contribution in [2.45, 2.75) is 58.5 Å². The van der Waals surface area contributed by atoms with Crippen LogP contribution in [0.5, 0.6) is 11.6 Å². The number of halogens is 1. The second-order valence-electron chi connectivity index (χ2n) is 8.51. The molecule has 0 fully saturated rings. The van der Waals surface area contributed by atoms with Crippen molar-refractivity contribution in [2.75, 3.05) is 0 Å². The molecular formula is C25H28ClN3O3. The van der Waals surface area contributed by atoms with Gasteiger partial charge >= 0.3 is 5.97 Å². The second kappa shape index (κ2) is 11.0. The number of ether oxygens (including phenoxy) is 2. The predicted octanol–water partition coefficient (Wildman–Crippen LogP) is 5.77. The van der Waals surface area contributed by atoms with Gasteiger partial charge in [-0.15, -0.1) is 0 Å². The second-order valence-corrected chi connectivity index (χ2v) is 8.94. The highest BCUT2D eigenvalue weighted by molar-refractivity contribution is 6.30. The van der Waals surface area contributed by atoms with Gasteiger partial charge in [-0.1, -0.05) is 23.7 Å². The molecule has 32 heavy (non-hydrogen) atoms. The molecule has 0 N–H and O–H groups in total. The average molecular weight is 454 g/mol. The third kappa shape index (κ3) is 8.27. The summed E-state index contributed by atoms with van der Waals surface area (Å²) < 4.78 is 11.2. The molecule has 2 aromatic heterocycles. The minimum Gasteiger partial charge on any atom is -0.460 e. The molecule has 0 unspecified atom stereocenters. The largest absolute Gasteiger partial charge is 0.460 e. The minimum absolute atomic E-state index is 0.161. The Labute approximate surface area is 194 Å². The lowest BCUT2D eigenvalue weighted by molar-refractivity contribution is -0.154. The summed E-state index contributed by atoms with van der Waals surface area (Å²) in [5.74, 6) is 1.84. The van der Waals surface area contributed by atoms with Crippen molar-refractivity contribution < 1.29 is 14.3 Å². The maximum absolute atomic E-state index is 11.8. The van der Waals surface area contributed by atoms with Gasteiger partial charge in [0, 0.05) is 37.5 Å². The van der Waals surface area contributed by atoms with Gasteiger partial charge in [0.25, 0.3) is 0 Å². The Morgan fingerprint density at radius 3 is 2.34 bits per heavy atom. The lowest BCUT2D eigenvalue weighted by Gasteiger charge is -2.19. The molecule has 0 saturated heterocycles. The minimum atomic E-state index is -0.439. The van der Waals surface area contributed by atoms with E-state index in [0.29, 0.717) is 29.5 Å². The standard InChI is InChI=1S/C25H28ClN3O3/c1-25(2,3)32-24(30)6-4-5-18-7-10-21(11-8-18)31-23-15-19(13-14-27-23)9-12-22-28-16-20(26)17-29-22/h7-8,10-11,13-17H,4-6,9,12H2,1-3H3. The van der Waals surface area contributed by atoms with E-state index in [1.807, 2.05) is 57.2 Å². The predicted molar refractivity (Wildman–Crippen MR) is 124 cm³/mol. The van der Waals surface area contributed by atoms with Crippen molar-refractivity contribution in [2.24, 2.45) is 0 Å². The van der Waals surface area contributed by atoms with Crippen LogP contribution in [-0.4, -0.2) is 26.5 Å². The highest BCUT2D eigenvalue weighted by atomic mass is 35.5. The zero-order valence-electron chi connectivity index (χ0n) is 18.7. The Bertz CT molecular complexity index is 1020. The number of aromatic nitrogens is 3. The van der Waals surface area contributed by atoms with Gasteiger partial charge in [0.05, 0.1) is 5.02 Å². The van der Waals surface area contributed by atoms with Crippen LogP contribution in [0.25, 0.3) is 0 Å². The molecule has 1 aromatic carbocycles. The summed E-state index contributed by atoms with van der Waals surface area (Å²) in [6.07, 6.45) is 8.38. The van der Waals surface area contributed by atoms with Gasteiger partial charge in [-0.2, -0.15) is 0 Å². The van der Waals surface area contributed by atoms with E-state index in [-0.39, 0.29) is 5.97 Å². The Morgan fingerprint density at radius 1 is 0.938 bits per heavy atom. The SMILES string of the molecule is CC(C)(C)OC(=O)CCCc1ccc(Oc2cc(CCc3ncc(Cl)cn3)ccn2)cc1. The summed E-state index contributed by atoms with van der Waals surface area (Å²) in [6, 6.07) is 11.7. The Morgan fingerprint density at radius 2 is 1.66 bits per heavy atom. The summed E-state index contributed by atoms with van der Waals surface area (Å²) in [6.45, 7) is 5.63. The van der Waals surface area contributed by atoms with Crippen LogP contribution >= 0.6 is 11.6 Å². The van der Waals surface area contributed by atoms with E-state index in [2.05, 4.69) is 15.0 Å². The topological polar surface area (TPSA) is 74.2 Å². The Kier molecular flexibility index (Phi) is 8.17. The summed E-state index contributed by atoms with van der Waals surface area (Å²) in [5, 5.41) is 0.530. The number of esters is 1. The van der Waals surface area contributed by atoms with Crippen LogP contribution in [0.2, 0.25) is 5.02 Å². The van der Waals surface area contributed by atoms with Crippen LogP contribution in [0, 0.1) is 0 Å². The summed E-state index contributed by atoms with van der Waals surface area (Å²) in [7, 11) is 0. The molecule has 0 spiro atoms. The van der Waals surface area contributed by atoms with Crippen molar-refractivity contribution in [3.8, 4) is 11.6 Å². The Balaban J connectivity index is 1.48. The van der Waals surface area contributed by atoms with E-state index in [0.717, 1.165) is 36.2 Å². The van der Waals surface area contributed by atoms with Crippen LogP contribution < -0.4 is 4.74 Å². The van der Waals surface area contributed by atoms with Crippen LogP contribution in [0.3, 0.4) is 0 Å². The Hall–Kier alpha value is -2.99. The van der Waals surface area contributed by atoms with Gasteiger partial charge in [0.2, 0.25) is 5.88 Å². The van der Waals surface area contributed by atoms with E-state index < -0.39 is 5.60 Å². The van der Waals surface area contributed by atoms with Crippen LogP contribution in [-0.2, 0) is 28.8 Å². The summed E-state index contributed by atoms with van der Waals surface area (Å²) >= 11 is 5.83. The molecule has 3 rings (SSSR count). The number of rotatable bonds is 9. The van der Waals surface area contributed by atoms with Crippen molar-refractivity contribution in [1.29, 1.82) is 0 Å². The number of benzene rings is 1. The number of nitrogens with zero attached hydrogens (tertiary/aromatic N) is 3. The molecule has 7 heteroatoms. The summed E-state index contributed by atoms with van der Waals surface area (Å²) in [5.41, 5.74) is 1.79. The monoisotopic (exact) mass is 453 g/mol. The number of pyridine rings is 1. The number of aryl methyl sites for hydroxylation is 3. The fourth-order valence-electron chi connectivity index (χ4n) is 3.06. The fraction of sp³-hybridized carbons (Fsp3) is 0.360. The molecule has 0 aliphatic carbocycles. The number of carbonyl (C=O) groups excluding carboxylic acids is 1. The van der Waals surface area contributed by atoms with Crippen molar-refractivity contribution in [3.63, 3.8) is 0 Å². The lowest BCUT2D eigenvalue weighted by Crippen LogP contribution is -2.23. The maximum atomic E-state index is 11.8. The molecule has 0 radical (unpaired) electrons. The highest BCUT2D eigenvalue weighted by Crippen LogP contribution is 2.22. The first-order chi connectivity index (χ1) is 15.3. The van der Waals surface area contributed by atoms with Gasteiger partial charge in [-0.25, -0.2) is 15.0 Å². The van der Waals surface area contributed by atoms with Crippen molar-refractivity contribution in [1.82, 2.24) is 15.0 Å². The van der Waals surface area contributed by atoms with Crippen LogP contribution in [0.1, 0.15) is 50.6 Å². The molecule has 0 amide bonds. The first kappa shape index (κ1) is 23.7. The van der Waals surface area contributed by atoms with Gasteiger partial charge in [0.15, 0.2) is 0 Å². The van der Waals surface area contributed by atoms with Gasteiger partial charge < -0.3 is 9.47 Å². The normalized spacial score (nSPS) is 11.2. The van der Waals surface area contributed by atoms with Gasteiger partial charge in [0.1, 0.15) is 17.2 Å². The number of hydrogen-bond donors (Lipinski definition) is 0. The van der Waals surface area contributed by atoms with Gasteiger partial charge in [-0.3, -0.25) is 4.79 Å². The zero-order valence-corrected chi connectivity index (χ0v) is 19.4. The van der Waals surface area contributed by atoms with Crippen LogP contribution in [0.4, 0.5) is 0 Å². The van der Waals surface area contributed by atoms with E-state index >= 15 is 0 Å². The lowest BCUT2D eigenvalue weighted by atomic mass is 10.1. The third-order valence-electron chi connectivity index (χ3n) is 4.52. The molecule has 0 atom stereocenters. The van der Waals surface area contributed by atoms with E-state index in [9.17, 15) is 4.79 Å². The molecular weight excluding hydrogens is 426 g/mol. The molecule has 0 bridgehead atoms. The zero-order chi connectivity index (χ0) is 23.0. The van der Waals surface area contributed by atoms with Crippen molar-refractivity contribution in [3.05, 3.63) is 77.0 Å². The molecule has 6 nitrogen and oxygen atoms in total. The quantitative estimate of drug-likeness (QED) is 0.383. The van der Waals surface area contributed by atoms with E-state index in [1.165, 1.54) is 0 Å². The van der Waals surface area contributed by atoms with Crippen LogP contribution in [0.15, 0.2) is 55.0 Å². The molecule has 0 aliphatic heterocycles. The molecule has 0 aliphatic rings. The first-order valence-electron chi connectivity index (χ1n) is 10.7. The average Bonchev–Trinajstić information content (AvgIpc) is 2.74. The van der Waals surface area contributed by atoms with Gasteiger partial charge in [-0.05, 0) is 69.4 Å². The highest BCUT2D eigenvalue weighted by Gasteiger charge is 2.15. The third-order valence-corrected chi connectivity index (χ3v) is 4.72. The van der Waals surface area contributed by atoms with E-state index in [4.69, 9.17) is 21.1 Å². The molecule has 2 heterocycles. The smallest absolute Gasteiger partial charge is 0.306 e. The fourth-order valence-corrected chi connectivity index (χ4v) is 3.16. The molecule has 3 aromatic rings. The van der Waals surface area contributed by atoms with Crippen molar-refractivity contribution >= 4 is 17.6 Å². The summed E-state index contributed by atoms with van der Waals surface area (Å²) in [4.78, 5) is 24.6. The number of hydrogen-bond acceptors (Lipinski definition) is 6. The molecule has 0 saturated carbocycles. The first-order valence-corrected chi connectivity index (χ1v) is 11.0. The molecule has 168 valence electrons. The maximum Gasteiger partial charge on any atom is 0.306 e.